The summed E-state index contributed by atoms with van der Waals surface area (Å²) in [7, 11) is 0. The number of nitriles is 1. The molecule has 21 heavy (non-hydrogen) atoms. The zero-order valence-electron chi connectivity index (χ0n) is 11.3. The van der Waals surface area contributed by atoms with Crippen LogP contribution >= 0.6 is 11.6 Å². The second-order valence-electron chi connectivity index (χ2n) is 4.86. The molecule has 4 heteroatoms. The number of hydrogen-bond donors (Lipinski definition) is 1. The molecular weight excluding hydrogens is 284 g/mol. The summed E-state index contributed by atoms with van der Waals surface area (Å²) in [5.74, 6) is -0.0778. The van der Waals surface area contributed by atoms with Crippen LogP contribution < -0.4 is 0 Å². The molecule has 0 amide bonds. The lowest BCUT2D eigenvalue weighted by atomic mass is 9.98. The third kappa shape index (κ3) is 2.31. The van der Waals surface area contributed by atoms with E-state index in [0.717, 1.165) is 16.5 Å². The number of aromatic nitrogens is 1. The molecule has 0 saturated carbocycles. The molecule has 0 bridgehead atoms. The van der Waals surface area contributed by atoms with Gasteiger partial charge in [-0.15, -0.1) is 0 Å². The van der Waals surface area contributed by atoms with Crippen molar-refractivity contribution in [1.82, 2.24) is 4.98 Å². The Morgan fingerprint density at radius 1 is 1.19 bits per heavy atom. The van der Waals surface area contributed by atoms with E-state index in [1.54, 1.807) is 36.5 Å². The number of aromatic amines is 1. The summed E-state index contributed by atoms with van der Waals surface area (Å²) in [5.41, 5.74) is 3.39. The summed E-state index contributed by atoms with van der Waals surface area (Å²) in [6.45, 7) is 1.88. The molecule has 0 saturated heterocycles. The van der Waals surface area contributed by atoms with Crippen LogP contribution in [0.25, 0.3) is 10.9 Å². The van der Waals surface area contributed by atoms with Gasteiger partial charge in [-0.1, -0.05) is 23.7 Å². The number of nitrogens with one attached hydrogen (secondary N) is 1. The highest BCUT2D eigenvalue weighted by Crippen LogP contribution is 2.25. The quantitative estimate of drug-likeness (QED) is 0.719. The zero-order chi connectivity index (χ0) is 15.0. The molecule has 0 aliphatic rings. The smallest absolute Gasteiger partial charge is 0.195 e. The Bertz CT molecular complexity index is 903. The van der Waals surface area contributed by atoms with E-state index in [0.29, 0.717) is 21.7 Å². The van der Waals surface area contributed by atoms with Crippen molar-refractivity contribution in [3.05, 3.63) is 69.9 Å². The fourth-order valence-electron chi connectivity index (χ4n) is 2.37. The number of fused-ring (bicyclic) bond motifs is 1. The van der Waals surface area contributed by atoms with Gasteiger partial charge in [-0.2, -0.15) is 5.26 Å². The van der Waals surface area contributed by atoms with Crippen LogP contribution in [0.4, 0.5) is 0 Å². The highest BCUT2D eigenvalue weighted by molar-refractivity contribution is 6.31. The van der Waals surface area contributed by atoms with Crippen LogP contribution in [0.15, 0.2) is 42.6 Å². The largest absolute Gasteiger partial charge is 0.360 e. The van der Waals surface area contributed by atoms with Gasteiger partial charge < -0.3 is 4.98 Å². The Morgan fingerprint density at radius 3 is 2.76 bits per heavy atom. The second-order valence-corrected chi connectivity index (χ2v) is 5.30. The number of halogens is 1. The monoisotopic (exact) mass is 294 g/mol. The highest BCUT2D eigenvalue weighted by atomic mass is 35.5. The molecule has 3 nitrogen and oxygen atoms in total. The number of ketones is 1. The molecule has 0 aliphatic heterocycles. The zero-order valence-corrected chi connectivity index (χ0v) is 12.0. The number of carbonyl (C=O) groups excluding carboxylic acids is 1. The minimum Gasteiger partial charge on any atom is -0.360 e. The number of aryl methyl sites for hydroxylation is 1. The fourth-order valence-corrected chi connectivity index (χ4v) is 2.54. The average Bonchev–Trinajstić information content (AvgIpc) is 2.91. The van der Waals surface area contributed by atoms with Crippen molar-refractivity contribution in [1.29, 1.82) is 5.26 Å². The lowest BCUT2D eigenvalue weighted by Gasteiger charge is -2.05. The van der Waals surface area contributed by atoms with Crippen LogP contribution in [-0.2, 0) is 0 Å². The first-order valence-corrected chi connectivity index (χ1v) is 6.80. The van der Waals surface area contributed by atoms with E-state index >= 15 is 0 Å². The first-order valence-electron chi connectivity index (χ1n) is 6.42. The molecular formula is C17H11ClN2O. The minimum absolute atomic E-state index is 0.0778. The molecule has 0 radical (unpaired) electrons. The third-order valence-electron chi connectivity index (χ3n) is 3.50. The molecule has 1 N–H and O–H groups in total. The second kappa shape index (κ2) is 5.08. The summed E-state index contributed by atoms with van der Waals surface area (Å²) in [5, 5.41) is 10.3. The van der Waals surface area contributed by atoms with Crippen molar-refractivity contribution in [2.75, 3.05) is 0 Å². The minimum atomic E-state index is -0.0778. The molecule has 3 aromatic rings. The first-order chi connectivity index (χ1) is 10.1. The number of carbonyl (C=O) groups is 1. The number of benzene rings is 2. The Morgan fingerprint density at radius 2 is 2.00 bits per heavy atom. The predicted octanol–water partition coefficient (Wildman–Crippen LogP) is 4.23. The van der Waals surface area contributed by atoms with Gasteiger partial charge in [0.1, 0.15) is 0 Å². The Labute approximate surface area is 126 Å². The summed E-state index contributed by atoms with van der Waals surface area (Å²) >= 11 is 5.98. The van der Waals surface area contributed by atoms with E-state index in [-0.39, 0.29) is 5.78 Å². The van der Waals surface area contributed by atoms with Crippen molar-refractivity contribution in [2.24, 2.45) is 0 Å². The van der Waals surface area contributed by atoms with E-state index in [9.17, 15) is 4.79 Å². The van der Waals surface area contributed by atoms with Crippen molar-refractivity contribution >= 4 is 28.3 Å². The van der Waals surface area contributed by atoms with Gasteiger partial charge in [-0.3, -0.25) is 4.79 Å². The molecule has 0 unspecified atom stereocenters. The van der Waals surface area contributed by atoms with Crippen LogP contribution in [0.3, 0.4) is 0 Å². The summed E-state index contributed by atoms with van der Waals surface area (Å²) in [4.78, 5) is 15.7. The summed E-state index contributed by atoms with van der Waals surface area (Å²) < 4.78 is 0. The summed E-state index contributed by atoms with van der Waals surface area (Å²) in [6, 6.07) is 12.6. The van der Waals surface area contributed by atoms with E-state index in [4.69, 9.17) is 16.9 Å². The first kappa shape index (κ1) is 13.4. The number of nitrogens with zero attached hydrogens (tertiary/aromatic N) is 1. The van der Waals surface area contributed by atoms with E-state index in [2.05, 4.69) is 11.1 Å². The third-order valence-corrected chi connectivity index (χ3v) is 3.73. The van der Waals surface area contributed by atoms with Gasteiger partial charge in [0.25, 0.3) is 0 Å². The van der Waals surface area contributed by atoms with Crippen molar-refractivity contribution in [2.45, 2.75) is 6.92 Å². The van der Waals surface area contributed by atoms with Crippen molar-refractivity contribution < 1.29 is 4.79 Å². The maximum absolute atomic E-state index is 12.7. The number of rotatable bonds is 2. The molecule has 102 valence electrons. The molecule has 1 heterocycles. The fraction of sp³-hybridized carbons (Fsp3) is 0.0588. The average molecular weight is 295 g/mol. The standard InChI is InChI=1S/C17H11ClN2O/c1-10-2-4-12(18)7-14(10)17(21)15-9-20-16-6-11(8-19)3-5-13(15)16/h2-7,9,20H,1H3. The van der Waals surface area contributed by atoms with Gasteiger partial charge in [0.15, 0.2) is 5.78 Å². The lowest BCUT2D eigenvalue weighted by Crippen LogP contribution is -2.03. The molecule has 3 rings (SSSR count). The molecule has 2 aromatic carbocycles. The van der Waals surface area contributed by atoms with Crippen molar-refractivity contribution in [3.63, 3.8) is 0 Å². The molecule has 0 spiro atoms. The number of H-pyrrole nitrogens is 1. The van der Waals surface area contributed by atoms with Gasteiger partial charge in [0, 0.05) is 33.2 Å². The Kier molecular flexibility index (Phi) is 3.25. The topological polar surface area (TPSA) is 56.6 Å². The van der Waals surface area contributed by atoms with Crippen LogP contribution in [0.5, 0.6) is 0 Å². The van der Waals surface area contributed by atoms with Crippen LogP contribution in [0.1, 0.15) is 27.0 Å². The highest BCUT2D eigenvalue weighted by Gasteiger charge is 2.16. The van der Waals surface area contributed by atoms with E-state index in [1.165, 1.54) is 0 Å². The molecule has 0 aliphatic carbocycles. The van der Waals surface area contributed by atoms with Gasteiger partial charge in [-0.25, -0.2) is 0 Å². The SMILES string of the molecule is Cc1ccc(Cl)cc1C(=O)c1c[nH]c2cc(C#N)ccc12. The van der Waals surface area contributed by atoms with Gasteiger partial charge in [0.2, 0.25) is 0 Å². The Hall–Kier alpha value is -2.57. The van der Waals surface area contributed by atoms with Crippen LogP contribution in [-0.4, -0.2) is 10.8 Å². The van der Waals surface area contributed by atoms with Gasteiger partial charge in [0.05, 0.1) is 11.6 Å². The lowest BCUT2D eigenvalue weighted by molar-refractivity contribution is 0.104. The Balaban J connectivity index is 2.14. The van der Waals surface area contributed by atoms with Crippen molar-refractivity contribution in [3.8, 4) is 6.07 Å². The van der Waals surface area contributed by atoms with Crippen LogP contribution in [0.2, 0.25) is 5.02 Å². The summed E-state index contributed by atoms with van der Waals surface area (Å²) in [6.07, 6.45) is 1.68. The van der Waals surface area contributed by atoms with Gasteiger partial charge in [-0.05, 0) is 36.8 Å². The van der Waals surface area contributed by atoms with Gasteiger partial charge >= 0.3 is 0 Å². The normalized spacial score (nSPS) is 10.5. The number of hydrogen-bond acceptors (Lipinski definition) is 2. The van der Waals surface area contributed by atoms with E-state index in [1.807, 2.05) is 13.0 Å². The molecule has 1 aromatic heterocycles. The molecule has 0 atom stereocenters. The molecule has 0 fully saturated rings. The van der Waals surface area contributed by atoms with E-state index < -0.39 is 0 Å². The van der Waals surface area contributed by atoms with Crippen LogP contribution in [0, 0.1) is 18.3 Å². The maximum Gasteiger partial charge on any atom is 0.195 e. The predicted molar refractivity (Wildman–Crippen MR) is 82.6 cm³/mol. The maximum atomic E-state index is 12.7.